The number of hydrogen-bond acceptors (Lipinski definition) is 2. The smallest absolute Gasteiger partial charge is 0.0679 e. The van der Waals surface area contributed by atoms with Crippen molar-refractivity contribution in [2.24, 2.45) is 4.99 Å². The highest BCUT2D eigenvalue weighted by atomic mass is 32.1. The Morgan fingerprint density at radius 1 is 1.40 bits per heavy atom. The number of allylic oxidation sites excluding steroid dienone is 2. The van der Waals surface area contributed by atoms with E-state index in [0.717, 1.165) is 12.1 Å². The molecule has 1 aromatic rings. The lowest BCUT2D eigenvalue weighted by atomic mass is 10.0. The lowest BCUT2D eigenvalue weighted by molar-refractivity contribution is 1.15. The van der Waals surface area contributed by atoms with Crippen LogP contribution >= 0.6 is 11.3 Å². The molecule has 2 heterocycles. The van der Waals surface area contributed by atoms with Crippen LogP contribution in [0.1, 0.15) is 32.1 Å². The zero-order valence-corrected chi connectivity index (χ0v) is 10.2. The van der Waals surface area contributed by atoms with Gasteiger partial charge in [-0.1, -0.05) is 13.0 Å². The van der Waals surface area contributed by atoms with Gasteiger partial charge in [-0.3, -0.25) is 4.99 Å². The molecule has 0 saturated carbocycles. The van der Waals surface area contributed by atoms with E-state index in [4.69, 9.17) is 0 Å². The standard InChI is InChI=1S/C13H15NS/c1-4-12-9(2)13(14-10(12)3)8-11-6-5-7-15-11/h5-8H,4H2,1-3H3. The van der Waals surface area contributed by atoms with Crippen LogP contribution < -0.4 is 0 Å². The van der Waals surface area contributed by atoms with Gasteiger partial charge >= 0.3 is 0 Å². The lowest BCUT2D eigenvalue weighted by Crippen LogP contribution is -1.91. The van der Waals surface area contributed by atoms with Gasteiger partial charge in [0.15, 0.2) is 0 Å². The summed E-state index contributed by atoms with van der Waals surface area (Å²) in [4.78, 5) is 5.88. The highest BCUT2D eigenvalue weighted by Gasteiger charge is 2.15. The van der Waals surface area contributed by atoms with E-state index in [1.807, 2.05) is 0 Å². The fourth-order valence-electron chi connectivity index (χ4n) is 1.93. The Hall–Kier alpha value is -1.15. The molecule has 0 fully saturated rings. The fraction of sp³-hybridized carbons (Fsp3) is 0.308. The largest absolute Gasteiger partial charge is 0.253 e. The van der Waals surface area contributed by atoms with Gasteiger partial charge in [-0.05, 0) is 48.9 Å². The van der Waals surface area contributed by atoms with E-state index in [1.165, 1.54) is 21.7 Å². The van der Waals surface area contributed by atoms with Gasteiger partial charge in [0.25, 0.3) is 0 Å². The van der Waals surface area contributed by atoms with Gasteiger partial charge < -0.3 is 0 Å². The topological polar surface area (TPSA) is 12.4 Å². The van der Waals surface area contributed by atoms with Crippen molar-refractivity contribution in [3.8, 4) is 0 Å². The molecule has 0 aromatic carbocycles. The van der Waals surface area contributed by atoms with Crippen molar-refractivity contribution >= 4 is 23.1 Å². The first kappa shape index (κ1) is 10.4. The van der Waals surface area contributed by atoms with Gasteiger partial charge in [-0.15, -0.1) is 11.3 Å². The summed E-state index contributed by atoms with van der Waals surface area (Å²) in [6.45, 7) is 6.45. The summed E-state index contributed by atoms with van der Waals surface area (Å²) >= 11 is 1.75. The van der Waals surface area contributed by atoms with E-state index < -0.39 is 0 Å². The van der Waals surface area contributed by atoms with Crippen LogP contribution in [-0.2, 0) is 0 Å². The van der Waals surface area contributed by atoms with Crippen LogP contribution in [0.2, 0.25) is 0 Å². The molecule has 1 nitrogen and oxygen atoms in total. The van der Waals surface area contributed by atoms with E-state index in [1.54, 1.807) is 11.3 Å². The van der Waals surface area contributed by atoms with Gasteiger partial charge in [0.05, 0.1) is 5.70 Å². The molecule has 2 rings (SSSR count). The Balaban J connectivity index is 2.38. The second-order valence-corrected chi connectivity index (χ2v) is 4.68. The maximum atomic E-state index is 4.61. The van der Waals surface area contributed by atoms with Crippen molar-refractivity contribution in [2.75, 3.05) is 0 Å². The molecule has 0 bridgehead atoms. The fourth-order valence-corrected chi connectivity index (χ4v) is 2.58. The number of thiophene rings is 1. The molecular formula is C13H15NS. The number of nitrogens with zero attached hydrogens (tertiary/aromatic N) is 1. The molecule has 0 atom stereocenters. The molecule has 0 amide bonds. The molecule has 0 saturated heterocycles. The predicted molar refractivity (Wildman–Crippen MR) is 68.4 cm³/mol. The Labute approximate surface area is 94.9 Å². The van der Waals surface area contributed by atoms with Gasteiger partial charge in [-0.25, -0.2) is 0 Å². The minimum absolute atomic E-state index is 1.07. The Kier molecular flexibility index (Phi) is 2.87. The average Bonchev–Trinajstić information content (AvgIpc) is 2.78. The minimum Gasteiger partial charge on any atom is -0.253 e. The molecule has 0 N–H and O–H groups in total. The van der Waals surface area contributed by atoms with Gasteiger partial charge in [0.1, 0.15) is 0 Å². The van der Waals surface area contributed by atoms with Crippen LogP contribution in [0.25, 0.3) is 6.08 Å². The summed E-state index contributed by atoms with van der Waals surface area (Å²) in [5, 5.41) is 2.09. The third kappa shape index (κ3) is 1.95. The third-order valence-corrected chi connectivity index (χ3v) is 3.56. The van der Waals surface area contributed by atoms with Crippen molar-refractivity contribution in [1.82, 2.24) is 0 Å². The van der Waals surface area contributed by atoms with E-state index >= 15 is 0 Å². The monoisotopic (exact) mass is 217 g/mol. The second kappa shape index (κ2) is 4.15. The normalized spacial score (nSPS) is 18.9. The van der Waals surface area contributed by atoms with Gasteiger partial charge in [0, 0.05) is 10.6 Å². The highest BCUT2D eigenvalue weighted by Crippen LogP contribution is 2.29. The first-order chi connectivity index (χ1) is 7.22. The molecule has 1 aromatic heterocycles. The summed E-state index contributed by atoms with van der Waals surface area (Å²) in [6, 6.07) is 4.20. The quantitative estimate of drug-likeness (QED) is 0.700. The zero-order chi connectivity index (χ0) is 10.8. The Bertz CT molecular complexity index is 447. The molecule has 0 radical (unpaired) electrons. The molecule has 0 unspecified atom stereocenters. The molecule has 1 aliphatic heterocycles. The second-order valence-electron chi connectivity index (χ2n) is 3.70. The Morgan fingerprint density at radius 3 is 2.73 bits per heavy atom. The maximum Gasteiger partial charge on any atom is 0.0679 e. The summed E-state index contributed by atoms with van der Waals surface area (Å²) in [7, 11) is 0. The van der Waals surface area contributed by atoms with E-state index in [-0.39, 0.29) is 0 Å². The highest BCUT2D eigenvalue weighted by molar-refractivity contribution is 7.10. The van der Waals surface area contributed by atoms with Crippen LogP contribution in [0.15, 0.2) is 39.3 Å². The van der Waals surface area contributed by atoms with E-state index in [9.17, 15) is 0 Å². The Morgan fingerprint density at radius 2 is 2.20 bits per heavy atom. The van der Waals surface area contributed by atoms with Gasteiger partial charge in [-0.2, -0.15) is 0 Å². The lowest BCUT2D eigenvalue weighted by Gasteiger charge is -1.99. The first-order valence-electron chi connectivity index (χ1n) is 5.23. The van der Waals surface area contributed by atoms with Crippen LogP contribution in [-0.4, -0.2) is 5.71 Å². The number of hydrogen-bond donors (Lipinski definition) is 0. The molecule has 0 aliphatic carbocycles. The molecule has 15 heavy (non-hydrogen) atoms. The first-order valence-corrected chi connectivity index (χ1v) is 6.11. The predicted octanol–water partition coefficient (Wildman–Crippen LogP) is 4.29. The van der Waals surface area contributed by atoms with Crippen molar-refractivity contribution in [3.05, 3.63) is 39.2 Å². The summed E-state index contributed by atoms with van der Waals surface area (Å²) in [6.07, 6.45) is 3.25. The SMILES string of the molecule is CCC1=C(C)C(=Cc2cccs2)N=C1C. The van der Waals surface area contributed by atoms with Crippen molar-refractivity contribution in [1.29, 1.82) is 0 Å². The van der Waals surface area contributed by atoms with Gasteiger partial charge in [0.2, 0.25) is 0 Å². The number of aliphatic imine (C=N–C) groups is 1. The van der Waals surface area contributed by atoms with Crippen LogP contribution in [0.5, 0.6) is 0 Å². The molecular weight excluding hydrogens is 202 g/mol. The van der Waals surface area contributed by atoms with Crippen molar-refractivity contribution < 1.29 is 0 Å². The van der Waals surface area contributed by atoms with Crippen LogP contribution in [0, 0.1) is 0 Å². The van der Waals surface area contributed by atoms with Crippen LogP contribution in [0.4, 0.5) is 0 Å². The van der Waals surface area contributed by atoms with Crippen molar-refractivity contribution in [3.63, 3.8) is 0 Å². The molecule has 0 spiro atoms. The summed E-state index contributed by atoms with van der Waals surface area (Å²) in [5.41, 5.74) is 5.05. The average molecular weight is 217 g/mol. The van der Waals surface area contributed by atoms with E-state index in [0.29, 0.717) is 0 Å². The molecule has 78 valence electrons. The van der Waals surface area contributed by atoms with Crippen molar-refractivity contribution in [2.45, 2.75) is 27.2 Å². The molecule has 1 aliphatic rings. The van der Waals surface area contributed by atoms with E-state index in [2.05, 4.69) is 49.4 Å². The summed E-state index contributed by atoms with van der Waals surface area (Å²) < 4.78 is 0. The molecule has 2 heteroatoms. The minimum atomic E-state index is 1.07. The maximum absolute atomic E-state index is 4.61. The third-order valence-electron chi connectivity index (χ3n) is 2.74. The van der Waals surface area contributed by atoms with Crippen LogP contribution in [0.3, 0.4) is 0 Å². The summed E-state index contributed by atoms with van der Waals surface area (Å²) in [5.74, 6) is 0. The zero-order valence-electron chi connectivity index (χ0n) is 9.37. The number of rotatable bonds is 2.